The van der Waals surface area contributed by atoms with Crippen molar-refractivity contribution in [2.75, 3.05) is 13.2 Å². The molecule has 1 rings (SSSR count). The van der Waals surface area contributed by atoms with Gasteiger partial charge in [0, 0.05) is 17.4 Å². The lowest BCUT2D eigenvalue weighted by Crippen LogP contribution is -2.35. The number of Topliss-reactive ketones (excluding diaryl/α,β-unsaturated/α-hetero) is 1. The first-order chi connectivity index (χ1) is 10.9. The maximum Gasteiger partial charge on any atom is 0.328 e. The maximum absolute atomic E-state index is 12.7. The van der Waals surface area contributed by atoms with E-state index in [1.807, 2.05) is 0 Å². The number of thioether (sulfide) groups is 1. The molecular formula is C16H18O6S. The topological polar surface area (TPSA) is 86.7 Å². The molecule has 0 unspecified atom stereocenters. The summed E-state index contributed by atoms with van der Waals surface area (Å²) in [6.45, 7) is 4.58. The van der Waals surface area contributed by atoms with Gasteiger partial charge in [-0.3, -0.25) is 19.2 Å². The van der Waals surface area contributed by atoms with Crippen LogP contribution < -0.4 is 0 Å². The lowest BCUT2D eigenvalue weighted by Gasteiger charge is -2.15. The zero-order chi connectivity index (χ0) is 17.4. The second-order valence-electron chi connectivity index (χ2n) is 4.39. The number of carbonyl (C=O) groups excluding carboxylic acids is 4. The SMILES string of the molecule is CCOC(=O)C(C(=O)OCC)C(=O)c1ccccc1SC(C)=O. The number of hydrogen-bond acceptors (Lipinski definition) is 7. The number of rotatable bonds is 7. The van der Waals surface area contributed by atoms with Crippen LogP contribution in [0.4, 0.5) is 0 Å². The van der Waals surface area contributed by atoms with E-state index in [0.717, 1.165) is 11.8 Å². The number of esters is 2. The maximum atomic E-state index is 12.7. The Bertz CT molecular complexity index is 592. The van der Waals surface area contributed by atoms with Gasteiger partial charge in [-0.25, -0.2) is 0 Å². The molecular weight excluding hydrogens is 320 g/mol. The molecule has 0 aliphatic rings. The van der Waals surface area contributed by atoms with E-state index < -0.39 is 23.6 Å². The standard InChI is InChI=1S/C16H18O6S/c1-4-21-15(19)13(16(20)22-5-2)14(18)11-8-6-7-9-12(11)23-10(3)17/h6-9,13H,4-5H2,1-3H3. The number of ether oxygens (including phenoxy) is 2. The second kappa shape index (κ2) is 9.09. The molecule has 0 amide bonds. The summed E-state index contributed by atoms with van der Waals surface area (Å²) >= 11 is 0.857. The Hall–Kier alpha value is -2.15. The summed E-state index contributed by atoms with van der Waals surface area (Å²) in [5, 5.41) is -0.214. The van der Waals surface area contributed by atoms with Crippen LogP contribution in [0.2, 0.25) is 0 Å². The first-order valence-corrected chi connectivity index (χ1v) is 7.88. The van der Waals surface area contributed by atoms with E-state index >= 15 is 0 Å². The minimum Gasteiger partial charge on any atom is -0.465 e. The van der Waals surface area contributed by atoms with Crippen molar-refractivity contribution in [2.24, 2.45) is 5.92 Å². The van der Waals surface area contributed by atoms with Gasteiger partial charge in [-0.1, -0.05) is 30.0 Å². The van der Waals surface area contributed by atoms with E-state index in [0.29, 0.717) is 4.90 Å². The van der Waals surface area contributed by atoms with Crippen LogP contribution in [0, 0.1) is 5.92 Å². The average molecular weight is 338 g/mol. The Labute approximate surface area is 138 Å². The highest BCUT2D eigenvalue weighted by atomic mass is 32.2. The zero-order valence-electron chi connectivity index (χ0n) is 13.2. The lowest BCUT2D eigenvalue weighted by atomic mass is 9.97. The van der Waals surface area contributed by atoms with Gasteiger partial charge in [-0.15, -0.1) is 0 Å². The minimum absolute atomic E-state index is 0.0336. The molecule has 1 aromatic rings. The first kappa shape index (κ1) is 18.9. The van der Waals surface area contributed by atoms with Crippen LogP contribution in [-0.4, -0.2) is 36.1 Å². The molecule has 124 valence electrons. The van der Waals surface area contributed by atoms with E-state index in [1.54, 1.807) is 32.0 Å². The van der Waals surface area contributed by atoms with Crippen molar-refractivity contribution in [3.05, 3.63) is 29.8 Å². The summed E-state index contributed by atoms with van der Waals surface area (Å²) in [5.41, 5.74) is 0.110. The highest BCUT2D eigenvalue weighted by Crippen LogP contribution is 2.26. The number of hydrogen-bond donors (Lipinski definition) is 0. The lowest BCUT2D eigenvalue weighted by molar-refractivity contribution is -0.158. The molecule has 0 saturated heterocycles. The van der Waals surface area contributed by atoms with Crippen LogP contribution >= 0.6 is 11.8 Å². The quantitative estimate of drug-likeness (QED) is 0.326. The number of ketones is 1. The Morgan fingerprint density at radius 3 is 2.00 bits per heavy atom. The minimum atomic E-state index is -1.69. The van der Waals surface area contributed by atoms with Gasteiger partial charge in [0.25, 0.3) is 0 Å². The number of carbonyl (C=O) groups is 4. The summed E-state index contributed by atoms with van der Waals surface area (Å²) < 4.78 is 9.60. The second-order valence-corrected chi connectivity index (χ2v) is 5.61. The Morgan fingerprint density at radius 2 is 1.52 bits per heavy atom. The van der Waals surface area contributed by atoms with E-state index in [4.69, 9.17) is 9.47 Å². The third-order valence-electron chi connectivity index (χ3n) is 2.71. The molecule has 0 saturated carbocycles. The van der Waals surface area contributed by atoms with Crippen LogP contribution in [0.1, 0.15) is 31.1 Å². The van der Waals surface area contributed by atoms with Gasteiger partial charge in [0.05, 0.1) is 13.2 Å². The largest absolute Gasteiger partial charge is 0.465 e. The zero-order valence-corrected chi connectivity index (χ0v) is 14.0. The molecule has 7 heteroatoms. The molecule has 0 radical (unpaired) electrons. The third-order valence-corrected chi connectivity index (χ3v) is 3.58. The fourth-order valence-corrected chi connectivity index (χ4v) is 2.57. The van der Waals surface area contributed by atoms with E-state index in [1.165, 1.54) is 13.0 Å². The smallest absolute Gasteiger partial charge is 0.328 e. The molecule has 0 atom stereocenters. The summed E-state index contributed by atoms with van der Waals surface area (Å²) in [6.07, 6.45) is 0. The first-order valence-electron chi connectivity index (χ1n) is 7.07. The van der Waals surface area contributed by atoms with Crippen LogP contribution in [0.25, 0.3) is 0 Å². The summed E-state index contributed by atoms with van der Waals surface area (Å²) in [4.78, 5) is 48.3. The molecule has 1 aromatic carbocycles. The van der Waals surface area contributed by atoms with E-state index in [-0.39, 0.29) is 23.9 Å². The van der Waals surface area contributed by atoms with Crippen molar-refractivity contribution >= 4 is 34.6 Å². The van der Waals surface area contributed by atoms with Crippen LogP contribution in [0.15, 0.2) is 29.2 Å². The predicted octanol–water partition coefficient (Wildman–Crippen LogP) is 2.25. The van der Waals surface area contributed by atoms with Gasteiger partial charge >= 0.3 is 11.9 Å². The van der Waals surface area contributed by atoms with Crippen molar-refractivity contribution in [3.8, 4) is 0 Å². The van der Waals surface area contributed by atoms with Gasteiger partial charge in [0.2, 0.25) is 5.92 Å². The van der Waals surface area contributed by atoms with Gasteiger partial charge in [-0.2, -0.15) is 0 Å². The Kier molecular flexibility index (Phi) is 7.47. The summed E-state index contributed by atoms with van der Waals surface area (Å²) in [5.74, 6) is -4.35. The Morgan fingerprint density at radius 1 is 1.00 bits per heavy atom. The molecule has 0 aliphatic carbocycles. The highest BCUT2D eigenvalue weighted by molar-refractivity contribution is 8.13. The molecule has 6 nitrogen and oxygen atoms in total. The van der Waals surface area contributed by atoms with Gasteiger partial charge in [-0.05, 0) is 19.9 Å². The average Bonchev–Trinajstić information content (AvgIpc) is 2.47. The molecule has 0 heterocycles. The predicted molar refractivity (Wildman–Crippen MR) is 84.1 cm³/mol. The van der Waals surface area contributed by atoms with Gasteiger partial charge < -0.3 is 9.47 Å². The third kappa shape index (κ3) is 5.21. The van der Waals surface area contributed by atoms with Crippen molar-refractivity contribution in [3.63, 3.8) is 0 Å². The number of benzene rings is 1. The molecule has 0 N–H and O–H groups in total. The Balaban J connectivity index is 3.21. The van der Waals surface area contributed by atoms with Crippen molar-refractivity contribution < 1.29 is 28.7 Å². The van der Waals surface area contributed by atoms with Crippen LogP contribution in [0.5, 0.6) is 0 Å². The summed E-state index contributed by atoms with van der Waals surface area (Å²) in [7, 11) is 0. The molecule has 23 heavy (non-hydrogen) atoms. The van der Waals surface area contributed by atoms with Crippen LogP contribution in [0.3, 0.4) is 0 Å². The fraction of sp³-hybridized carbons (Fsp3) is 0.375. The van der Waals surface area contributed by atoms with Crippen molar-refractivity contribution in [1.82, 2.24) is 0 Å². The van der Waals surface area contributed by atoms with E-state index in [9.17, 15) is 19.2 Å². The molecule has 0 bridgehead atoms. The molecule has 0 aliphatic heterocycles. The van der Waals surface area contributed by atoms with E-state index in [2.05, 4.69) is 0 Å². The van der Waals surface area contributed by atoms with Gasteiger partial charge in [0.15, 0.2) is 10.9 Å². The van der Waals surface area contributed by atoms with Crippen molar-refractivity contribution in [1.29, 1.82) is 0 Å². The normalized spacial score (nSPS) is 10.3. The molecule has 0 aromatic heterocycles. The fourth-order valence-electron chi connectivity index (χ4n) is 1.83. The van der Waals surface area contributed by atoms with Crippen molar-refractivity contribution in [2.45, 2.75) is 25.7 Å². The monoisotopic (exact) mass is 338 g/mol. The molecule has 0 spiro atoms. The highest BCUT2D eigenvalue weighted by Gasteiger charge is 2.38. The van der Waals surface area contributed by atoms with Gasteiger partial charge in [0.1, 0.15) is 0 Å². The molecule has 0 fully saturated rings. The summed E-state index contributed by atoms with van der Waals surface area (Å²) in [6, 6.07) is 6.28. The van der Waals surface area contributed by atoms with Crippen LogP contribution in [-0.2, 0) is 23.9 Å².